The van der Waals surface area contributed by atoms with Gasteiger partial charge in [0.05, 0.1) is 6.61 Å². The quantitative estimate of drug-likeness (QED) is 0.484. The molecule has 0 aliphatic heterocycles. The van der Waals surface area contributed by atoms with E-state index in [0.29, 0.717) is 17.5 Å². The van der Waals surface area contributed by atoms with E-state index in [9.17, 15) is 0 Å². The molecule has 0 fully saturated rings. The molecular weight excluding hydrogens is 300 g/mol. The van der Waals surface area contributed by atoms with Crippen molar-refractivity contribution < 1.29 is 4.74 Å². The maximum Gasteiger partial charge on any atom is 0.232 e. The third-order valence-electron chi connectivity index (χ3n) is 1.46. The highest BCUT2D eigenvalue weighted by molar-refractivity contribution is 14.1. The van der Waals surface area contributed by atoms with Crippen LogP contribution in [0.3, 0.4) is 0 Å². The maximum atomic E-state index is 5.92. The average molecular weight is 312 g/mol. The number of halogens is 2. The van der Waals surface area contributed by atoms with Gasteiger partial charge in [-0.3, -0.25) is 0 Å². The minimum Gasteiger partial charge on any atom is -0.477 e. The Morgan fingerprint density at radius 2 is 2.38 bits per heavy atom. The molecule has 1 rings (SSSR count). The minimum absolute atomic E-state index is 0.539. The van der Waals surface area contributed by atoms with Crippen LogP contribution in [-0.2, 0) is 0 Å². The molecule has 0 spiro atoms. The van der Waals surface area contributed by atoms with Crippen molar-refractivity contribution in [3.05, 3.63) is 22.8 Å². The van der Waals surface area contributed by atoms with Gasteiger partial charge in [-0.15, -0.1) is 0 Å². The largest absolute Gasteiger partial charge is 0.477 e. The van der Waals surface area contributed by atoms with Crippen molar-refractivity contribution in [2.75, 3.05) is 11.0 Å². The zero-order valence-corrected chi connectivity index (χ0v) is 10.3. The lowest BCUT2D eigenvalue weighted by atomic mass is 10.3. The average Bonchev–Trinajstić information content (AvgIpc) is 2.09. The second-order valence-electron chi connectivity index (χ2n) is 2.69. The van der Waals surface area contributed by atoms with E-state index in [4.69, 9.17) is 16.3 Å². The van der Waals surface area contributed by atoms with Crippen LogP contribution in [0.15, 0.2) is 12.3 Å². The Hall–Kier alpha value is -0.0300. The van der Waals surface area contributed by atoms with Crippen molar-refractivity contribution in [1.82, 2.24) is 4.98 Å². The smallest absolute Gasteiger partial charge is 0.232 e. The number of hydrogen-bond acceptors (Lipinski definition) is 2. The van der Waals surface area contributed by atoms with Crippen molar-refractivity contribution in [3.63, 3.8) is 0 Å². The van der Waals surface area contributed by atoms with Gasteiger partial charge in [-0.05, 0) is 25.0 Å². The van der Waals surface area contributed by atoms with Gasteiger partial charge in [0.2, 0.25) is 5.88 Å². The van der Waals surface area contributed by atoms with Gasteiger partial charge in [-0.1, -0.05) is 34.2 Å². The lowest BCUT2D eigenvalue weighted by Gasteiger charge is -2.05. The van der Waals surface area contributed by atoms with E-state index >= 15 is 0 Å². The second-order valence-corrected chi connectivity index (χ2v) is 4.18. The van der Waals surface area contributed by atoms with Crippen LogP contribution in [0.4, 0.5) is 0 Å². The van der Waals surface area contributed by atoms with Gasteiger partial charge in [0.15, 0.2) is 0 Å². The highest BCUT2D eigenvalue weighted by Gasteiger charge is 2.02. The molecule has 0 amide bonds. The van der Waals surface area contributed by atoms with Gasteiger partial charge in [0, 0.05) is 10.6 Å². The molecule has 0 unspecified atom stereocenters. The normalized spacial score (nSPS) is 10.1. The second kappa shape index (κ2) is 5.65. The zero-order chi connectivity index (χ0) is 9.68. The van der Waals surface area contributed by atoms with E-state index in [0.717, 1.165) is 16.4 Å². The molecule has 13 heavy (non-hydrogen) atoms. The van der Waals surface area contributed by atoms with Gasteiger partial charge in [-0.2, -0.15) is 0 Å². The van der Waals surface area contributed by atoms with E-state index in [1.807, 2.05) is 13.0 Å². The fourth-order valence-electron chi connectivity index (χ4n) is 0.851. The molecular formula is C9H11ClINO. The van der Waals surface area contributed by atoms with E-state index in [1.165, 1.54) is 0 Å². The summed E-state index contributed by atoms with van der Waals surface area (Å²) >= 11 is 8.23. The van der Waals surface area contributed by atoms with Crippen LogP contribution in [0.1, 0.15) is 12.0 Å². The number of hydrogen-bond donors (Lipinski definition) is 0. The Morgan fingerprint density at radius 1 is 1.62 bits per heavy atom. The van der Waals surface area contributed by atoms with Gasteiger partial charge < -0.3 is 4.74 Å². The highest BCUT2D eigenvalue weighted by atomic mass is 127. The number of alkyl halides is 1. The van der Waals surface area contributed by atoms with Gasteiger partial charge in [0.1, 0.15) is 5.02 Å². The maximum absolute atomic E-state index is 5.92. The summed E-state index contributed by atoms with van der Waals surface area (Å²) in [6.07, 6.45) is 2.78. The minimum atomic E-state index is 0.539. The number of nitrogens with zero attached hydrogens (tertiary/aromatic N) is 1. The summed E-state index contributed by atoms with van der Waals surface area (Å²) in [5.41, 5.74) is 1.05. The van der Waals surface area contributed by atoms with Crippen molar-refractivity contribution >= 4 is 34.2 Å². The van der Waals surface area contributed by atoms with Crippen molar-refractivity contribution in [2.45, 2.75) is 13.3 Å². The summed E-state index contributed by atoms with van der Waals surface area (Å²) < 4.78 is 6.47. The molecule has 1 aromatic rings. The lowest BCUT2D eigenvalue weighted by Crippen LogP contribution is -2.00. The summed E-state index contributed by atoms with van der Waals surface area (Å²) in [5.74, 6) is 0.539. The van der Waals surface area contributed by atoms with Crippen LogP contribution < -0.4 is 4.74 Å². The molecule has 0 aliphatic carbocycles. The molecule has 0 aromatic carbocycles. The third-order valence-corrected chi connectivity index (χ3v) is 2.49. The molecule has 72 valence electrons. The molecule has 2 nitrogen and oxygen atoms in total. The molecule has 0 saturated carbocycles. The first-order chi connectivity index (χ1) is 6.24. The Bertz CT molecular complexity index is 280. The zero-order valence-electron chi connectivity index (χ0n) is 7.39. The number of ether oxygens (including phenoxy) is 1. The number of aromatic nitrogens is 1. The summed E-state index contributed by atoms with van der Waals surface area (Å²) in [6, 6.07) is 1.86. The number of aryl methyl sites for hydroxylation is 1. The molecule has 4 heteroatoms. The van der Waals surface area contributed by atoms with Crippen LogP contribution in [-0.4, -0.2) is 16.0 Å². The van der Waals surface area contributed by atoms with Crippen molar-refractivity contribution in [2.24, 2.45) is 0 Å². The highest BCUT2D eigenvalue weighted by Crippen LogP contribution is 2.21. The predicted octanol–water partition coefficient (Wildman–Crippen LogP) is 3.25. The molecule has 0 atom stereocenters. The molecule has 1 heterocycles. The Morgan fingerprint density at radius 3 is 3.00 bits per heavy atom. The Labute approximate surface area is 96.8 Å². The first-order valence-corrected chi connectivity index (χ1v) is 5.95. The monoisotopic (exact) mass is 311 g/mol. The Kier molecular flexibility index (Phi) is 4.80. The van der Waals surface area contributed by atoms with E-state index in [1.54, 1.807) is 6.20 Å². The predicted molar refractivity (Wildman–Crippen MR) is 63.0 cm³/mol. The van der Waals surface area contributed by atoms with E-state index < -0.39 is 0 Å². The molecule has 0 radical (unpaired) electrons. The number of pyridine rings is 1. The summed E-state index contributed by atoms with van der Waals surface area (Å²) in [7, 11) is 0. The molecule has 0 saturated heterocycles. The molecule has 1 aromatic heterocycles. The fraction of sp³-hybridized carbons (Fsp3) is 0.444. The summed E-state index contributed by atoms with van der Waals surface area (Å²) in [5, 5.41) is 0.591. The third kappa shape index (κ3) is 3.68. The van der Waals surface area contributed by atoms with Crippen LogP contribution in [0, 0.1) is 6.92 Å². The molecule has 0 bridgehead atoms. The van der Waals surface area contributed by atoms with Crippen molar-refractivity contribution in [1.29, 1.82) is 0 Å². The first-order valence-electron chi connectivity index (χ1n) is 4.05. The molecule has 0 aliphatic rings. The molecule has 0 N–H and O–H groups in total. The number of rotatable bonds is 4. The van der Waals surface area contributed by atoms with Gasteiger partial charge >= 0.3 is 0 Å². The van der Waals surface area contributed by atoms with Crippen LogP contribution >= 0.6 is 34.2 Å². The Balaban J connectivity index is 2.56. The topological polar surface area (TPSA) is 22.1 Å². The van der Waals surface area contributed by atoms with Gasteiger partial charge in [-0.25, -0.2) is 4.98 Å². The summed E-state index contributed by atoms with van der Waals surface area (Å²) in [4.78, 5) is 4.09. The fourth-order valence-corrected chi connectivity index (χ4v) is 1.44. The summed E-state index contributed by atoms with van der Waals surface area (Å²) in [6.45, 7) is 2.63. The van der Waals surface area contributed by atoms with Crippen LogP contribution in [0.5, 0.6) is 5.88 Å². The van der Waals surface area contributed by atoms with Crippen LogP contribution in [0.25, 0.3) is 0 Å². The van der Waals surface area contributed by atoms with Crippen molar-refractivity contribution in [3.8, 4) is 5.88 Å². The first kappa shape index (κ1) is 11.0. The standard InChI is InChI=1S/C9H11ClINO/c1-7-5-8(10)9(12-6-7)13-4-2-3-11/h5-6H,2-4H2,1H3. The lowest BCUT2D eigenvalue weighted by molar-refractivity contribution is 0.307. The van der Waals surface area contributed by atoms with E-state index in [-0.39, 0.29) is 0 Å². The van der Waals surface area contributed by atoms with Crippen LogP contribution in [0.2, 0.25) is 5.02 Å². The SMILES string of the molecule is Cc1cnc(OCCCI)c(Cl)c1. The van der Waals surface area contributed by atoms with Gasteiger partial charge in [0.25, 0.3) is 0 Å². The van der Waals surface area contributed by atoms with E-state index in [2.05, 4.69) is 27.6 Å².